The van der Waals surface area contributed by atoms with Gasteiger partial charge >= 0.3 is 5.97 Å². The van der Waals surface area contributed by atoms with Crippen molar-refractivity contribution >= 4 is 28.9 Å². The van der Waals surface area contributed by atoms with E-state index in [1.165, 1.54) is 6.92 Å². The highest BCUT2D eigenvalue weighted by atomic mass is 16.5. The maximum atomic E-state index is 11.8. The minimum Gasteiger partial charge on any atom is -0.457 e. The van der Waals surface area contributed by atoms with Gasteiger partial charge in [0.2, 0.25) is 5.91 Å². The predicted octanol–water partition coefficient (Wildman–Crippen LogP) is 5.07. The first-order valence-electron chi connectivity index (χ1n) is 11.8. The first kappa shape index (κ1) is 22.9. The molecule has 0 saturated carbocycles. The number of esters is 1. The molecule has 3 atom stereocenters. The van der Waals surface area contributed by atoms with Gasteiger partial charge in [0.25, 0.3) is 0 Å². The number of hydrogen-bond acceptors (Lipinski definition) is 6. The van der Waals surface area contributed by atoms with Gasteiger partial charge in [0.1, 0.15) is 12.8 Å². The average Bonchev–Trinajstić information content (AvgIpc) is 3.18. The van der Waals surface area contributed by atoms with Gasteiger partial charge in [-0.1, -0.05) is 18.2 Å². The second-order valence-electron chi connectivity index (χ2n) is 9.30. The predicted molar refractivity (Wildman–Crippen MR) is 136 cm³/mol. The standard InChI is InChI=1S/C28H29N3O4/c1-16-11-26(30-23-8-9-24-21(13-23)15-35-28(24)34)25-14-20(7-10-27(25)31(16)18(3)33)19-5-4-6-22(12-19)29-17(2)32/h4-10,12-14,16,18,26,30,33H,11,15H2,1-3H3,(H,29,32)/t16-,18?,26+/m0/s1. The number of aliphatic hydroxyl groups excluding tert-OH is 1. The summed E-state index contributed by atoms with van der Waals surface area (Å²) in [5.41, 5.74) is 7.26. The second kappa shape index (κ2) is 9.07. The molecule has 0 aliphatic carbocycles. The molecule has 0 aromatic heterocycles. The zero-order valence-corrected chi connectivity index (χ0v) is 20.0. The van der Waals surface area contributed by atoms with Crippen molar-refractivity contribution in [2.24, 2.45) is 0 Å². The second-order valence-corrected chi connectivity index (χ2v) is 9.30. The minimum atomic E-state index is -0.623. The number of carbonyl (C=O) groups is 2. The summed E-state index contributed by atoms with van der Waals surface area (Å²) < 4.78 is 5.15. The molecule has 3 aromatic carbocycles. The van der Waals surface area contributed by atoms with E-state index in [0.29, 0.717) is 12.2 Å². The largest absolute Gasteiger partial charge is 0.457 e. The lowest BCUT2D eigenvalue weighted by Crippen LogP contribution is -2.45. The molecule has 7 heteroatoms. The van der Waals surface area contributed by atoms with Crippen LogP contribution in [0.4, 0.5) is 17.1 Å². The van der Waals surface area contributed by atoms with E-state index in [9.17, 15) is 14.7 Å². The Kier molecular flexibility index (Phi) is 5.94. The molecule has 5 rings (SSSR count). The number of rotatable bonds is 5. The number of cyclic esters (lactones) is 1. The molecule has 0 spiro atoms. The highest BCUT2D eigenvalue weighted by Gasteiger charge is 2.33. The normalized spacial score (nSPS) is 19.4. The summed E-state index contributed by atoms with van der Waals surface area (Å²) in [6.07, 6.45) is 0.168. The van der Waals surface area contributed by atoms with Gasteiger partial charge in [-0.15, -0.1) is 0 Å². The van der Waals surface area contributed by atoms with E-state index < -0.39 is 6.23 Å². The summed E-state index contributed by atoms with van der Waals surface area (Å²) in [7, 11) is 0. The topological polar surface area (TPSA) is 90.9 Å². The summed E-state index contributed by atoms with van der Waals surface area (Å²) in [5, 5.41) is 17.0. The first-order chi connectivity index (χ1) is 16.8. The van der Waals surface area contributed by atoms with E-state index in [1.54, 1.807) is 6.92 Å². The van der Waals surface area contributed by atoms with Gasteiger partial charge < -0.3 is 25.4 Å². The number of ether oxygens (including phenoxy) is 1. The fourth-order valence-corrected chi connectivity index (χ4v) is 5.18. The summed E-state index contributed by atoms with van der Waals surface area (Å²) >= 11 is 0. The summed E-state index contributed by atoms with van der Waals surface area (Å²) in [4.78, 5) is 25.4. The Balaban J connectivity index is 1.53. The zero-order chi connectivity index (χ0) is 24.7. The van der Waals surface area contributed by atoms with Crippen molar-refractivity contribution < 1.29 is 19.4 Å². The van der Waals surface area contributed by atoms with E-state index in [0.717, 1.165) is 45.7 Å². The molecule has 180 valence electrons. The Labute approximate surface area is 204 Å². The fourth-order valence-electron chi connectivity index (χ4n) is 5.18. The number of aliphatic hydroxyl groups is 1. The summed E-state index contributed by atoms with van der Waals surface area (Å²) in [6, 6.07) is 19.9. The number of benzene rings is 3. The van der Waals surface area contributed by atoms with E-state index in [1.807, 2.05) is 47.4 Å². The Hall–Kier alpha value is -3.84. The highest BCUT2D eigenvalue weighted by Crippen LogP contribution is 2.42. The SMILES string of the molecule is CC(=O)Nc1cccc(-c2ccc3c(c2)[C@H](Nc2ccc4c(c2)COC4=O)C[C@H](C)N3C(C)O)c1. The zero-order valence-electron chi connectivity index (χ0n) is 20.0. The third-order valence-electron chi connectivity index (χ3n) is 6.68. The molecule has 3 aromatic rings. The molecule has 2 aliphatic heterocycles. The van der Waals surface area contributed by atoms with Crippen LogP contribution in [0.15, 0.2) is 60.7 Å². The Morgan fingerprint density at radius 1 is 1.09 bits per heavy atom. The fraction of sp³-hybridized carbons (Fsp3) is 0.286. The van der Waals surface area contributed by atoms with Gasteiger partial charge in [-0.25, -0.2) is 4.79 Å². The van der Waals surface area contributed by atoms with Crippen LogP contribution in [0.25, 0.3) is 11.1 Å². The Morgan fingerprint density at radius 2 is 1.89 bits per heavy atom. The van der Waals surface area contributed by atoms with Crippen LogP contribution in [0.1, 0.15) is 54.7 Å². The number of nitrogens with zero attached hydrogens (tertiary/aromatic N) is 1. The molecule has 2 aliphatic rings. The molecule has 7 nitrogen and oxygen atoms in total. The Bertz CT molecular complexity index is 1300. The van der Waals surface area contributed by atoms with Crippen molar-refractivity contribution in [1.29, 1.82) is 0 Å². The maximum absolute atomic E-state index is 11.8. The number of hydrogen-bond donors (Lipinski definition) is 3. The molecule has 0 radical (unpaired) electrons. The van der Waals surface area contributed by atoms with Crippen LogP contribution >= 0.6 is 0 Å². The highest BCUT2D eigenvalue weighted by molar-refractivity contribution is 5.94. The van der Waals surface area contributed by atoms with Gasteiger partial charge in [-0.2, -0.15) is 0 Å². The van der Waals surface area contributed by atoms with Gasteiger partial charge in [-0.3, -0.25) is 4.79 Å². The lowest BCUT2D eigenvalue weighted by atomic mass is 9.88. The molecule has 2 heterocycles. The van der Waals surface area contributed by atoms with Crippen LogP contribution in [0.5, 0.6) is 0 Å². The quantitative estimate of drug-likeness (QED) is 0.450. The smallest absolute Gasteiger partial charge is 0.338 e. The van der Waals surface area contributed by atoms with Crippen LogP contribution in [0, 0.1) is 0 Å². The maximum Gasteiger partial charge on any atom is 0.338 e. The van der Waals surface area contributed by atoms with Gasteiger partial charge in [0, 0.05) is 35.6 Å². The molecule has 3 N–H and O–H groups in total. The first-order valence-corrected chi connectivity index (χ1v) is 11.8. The molecule has 0 bridgehead atoms. The molecular formula is C28H29N3O4. The molecule has 1 amide bonds. The van der Waals surface area contributed by atoms with Crippen molar-refractivity contribution in [3.63, 3.8) is 0 Å². The summed E-state index contributed by atoms with van der Waals surface area (Å²) in [6.45, 7) is 5.70. The molecule has 0 saturated heterocycles. The van der Waals surface area contributed by atoms with Crippen LogP contribution in [0.3, 0.4) is 0 Å². The third-order valence-corrected chi connectivity index (χ3v) is 6.68. The third kappa shape index (κ3) is 4.47. The van der Waals surface area contributed by atoms with Crippen molar-refractivity contribution in [1.82, 2.24) is 0 Å². The van der Waals surface area contributed by atoms with Gasteiger partial charge in [-0.05, 0) is 79.4 Å². The lowest BCUT2D eigenvalue weighted by molar-refractivity contribution is -0.114. The molecule has 0 fully saturated rings. The van der Waals surface area contributed by atoms with Crippen LogP contribution in [-0.2, 0) is 16.1 Å². The minimum absolute atomic E-state index is 0.00421. The molecule has 35 heavy (non-hydrogen) atoms. The Morgan fingerprint density at radius 3 is 2.66 bits per heavy atom. The monoisotopic (exact) mass is 471 g/mol. The van der Waals surface area contributed by atoms with Gasteiger partial charge in [0.15, 0.2) is 0 Å². The van der Waals surface area contributed by atoms with Crippen LogP contribution in [-0.4, -0.2) is 29.3 Å². The average molecular weight is 472 g/mol. The summed E-state index contributed by atoms with van der Waals surface area (Å²) in [5.74, 6) is -0.387. The molecular weight excluding hydrogens is 442 g/mol. The number of fused-ring (bicyclic) bond motifs is 2. The van der Waals surface area contributed by atoms with Crippen molar-refractivity contribution in [2.75, 3.05) is 15.5 Å². The van der Waals surface area contributed by atoms with E-state index in [-0.39, 0.29) is 24.0 Å². The van der Waals surface area contributed by atoms with Gasteiger partial charge in [0.05, 0.1) is 11.6 Å². The molecule has 1 unspecified atom stereocenters. The van der Waals surface area contributed by atoms with Crippen LogP contribution < -0.4 is 15.5 Å². The number of carbonyl (C=O) groups excluding carboxylic acids is 2. The van der Waals surface area contributed by atoms with E-state index in [4.69, 9.17) is 4.74 Å². The number of anilines is 3. The van der Waals surface area contributed by atoms with E-state index >= 15 is 0 Å². The lowest BCUT2D eigenvalue weighted by Gasteiger charge is -2.43. The number of nitrogens with one attached hydrogen (secondary N) is 2. The van der Waals surface area contributed by atoms with Crippen LogP contribution in [0.2, 0.25) is 0 Å². The van der Waals surface area contributed by atoms with Crippen molar-refractivity contribution in [2.45, 2.75) is 52.1 Å². The van der Waals surface area contributed by atoms with Crippen molar-refractivity contribution in [3.05, 3.63) is 77.4 Å². The number of amides is 1. The van der Waals surface area contributed by atoms with Crippen molar-refractivity contribution in [3.8, 4) is 11.1 Å². The van der Waals surface area contributed by atoms with E-state index in [2.05, 4.69) is 35.8 Å².